The topological polar surface area (TPSA) is 98.5 Å². The Labute approximate surface area is 154 Å². The number of hydrogen-bond donors (Lipinski definition) is 1. The second-order valence-corrected chi connectivity index (χ2v) is 6.71. The molecule has 0 spiro atoms. The van der Waals surface area contributed by atoms with Gasteiger partial charge in [-0.1, -0.05) is 0 Å². The number of carbonyl (C=O) groups is 2. The number of non-ortho nitro benzene ring substituents is 1. The van der Waals surface area contributed by atoms with E-state index >= 15 is 0 Å². The van der Waals surface area contributed by atoms with Crippen molar-refractivity contribution >= 4 is 35.0 Å². The maximum absolute atomic E-state index is 12.3. The van der Waals surface area contributed by atoms with Crippen molar-refractivity contribution in [3.8, 4) is 0 Å². The van der Waals surface area contributed by atoms with Crippen LogP contribution in [-0.4, -0.2) is 28.7 Å². The summed E-state index contributed by atoms with van der Waals surface area (Å²) in [4.78, 5) is 34.8. The number of anilines is 1. The van der Waals surface area contributed by atoms with Crippen LogP contribution >= 0.6 is 11.8 Å². The van der Waals surface area contributed by atoms with Crippen LogP contribution in [0, 0.1) is 10.1 Å². The molecule has 0 heterocycles. The molecule has 0 aliphatic rings. The summed E-state index contributed by atoms with van der Waals surface area (Å²) in [6.07, 6.45) is 0. The molecule has 2 aromatic carbocycles. The highest BCUT2D eigenvalue weighted by atomic mass is 32.2. The molecular weight excluding hydrogens is 356 g/mol. The average Bonchev–Trinajstić information content (AvgIpc) is 2.63. The first-order chi connectivity index (χ1) is 12.4. The Balaban J connectivity index is 1.94. The van der Waals surface area contributed by atoms with Gasteiger partial charge in [-0.05, 0) is 50.2 Å². The zero-order chi connectivity index (χ0) is 19.1. The van der Waals surface area contributed by atoms with Crippen LogP contribution in [0.4, 0.5) is 11.4 Å². The Morgan fingerprint density at radius 2 is 1.77 bits per heavy atom. The van der Waals surface area contributed by atoms with Gasteiger partial charge in [0.2, 0.25) is 5.91 Å². The van der Waals surface area contributed by atoms with Gasteiger partial charge in [-0.15, -0.1) is 11.8 Å². The highest BCUT2D eigenvalue weighted by Gasteiger charge is 2.16. The van der Waals surface area contributed by atoms with Crippen molar-refractivity contribution in [1.29, 1.82) is 0 Å². The number of nitrogens with one attached hydrogen (secondary N) is 1. The fourth-order valence-electron chi connectivity index (χ4n) is 2.05. The summed E-state index contributed by atoms with van der Waals surface area (Å²) in [5.74, 6) is -0.621. The van der Waals surface area contributed by atoms with Gasteiger partial charge in [0.15, 0.2) is 0 Å². The number of benzene rings is 2. The average molecular weight is 374 g/mol. The lowest BCUT2D eigenvalue weighted by atomic mass is 10.2. The molecule has 1 atom stereocenters. The standard InChI is InChI=1S/C18H18N2O5S/c1-3-25-18(22)13-4-6-14(7-5-13)19-17(21)12(2)26-16-10-8-15(9-11-16)20(23)24/h4-12H,3H2,1-2H3,(H,19,21)/t12-/m1/s1. The van der Waals surface area contributed by atoms with Crippen molar-refractivity contribution in [3.05, 3.63) is 64.2 Å². The normalized spacial score (nSPS) is 11.5. The van der Waals surface area contributed by atoms with Gasteiger partial charge in [-0.25, -0.2) is 4.79 Å². The van der Waals surface area contributed by atoms with Crippen molar-refractivity contribution < 1.29 is 19.2 Å². The van der Waals surface area contributed by atoms with Gasteiger partial charge >= 0.3 is 5.97 Å². The lowest BCUT2D eigenvalue weighted by molar-refractivity contribution is -0.384. The minimum atomic E-state index is -0.468. The largest absolute Gasteiger partial charge is 0.462 e. The summed E-state index contributed by atoms with van der Waals surface area (Å²) >= 11 is 1.30. The van der Waals surface area contributed by atoms with Crippen molar-refractivity contribution in [2.75, 3.05) is 11.9 Å². The van der Waals surface area contributed by atoms with Crippen LogP contribution in [-0.2, 0) is 9.53 Å². The number of amides is 1. The molecule has 0 aliphatic carbocycles. The molecule has 0 aliphatic heterocycles. The van der Waals surface area contributed by atoms with Gasteiger partial charge in [0.05, 0.1) is 22.3 Å². The molecule has 0 saturated carbocycles. The maximum Gasteiger partial charge on any atom is 0.338 e. The van der Waals surface area contributed by atoms with Crippen molar-refractivity contribution in [2.45, 2.75) is 24.0 Å². The van der Waals surface area contributed by atoms with Crippen LogP contribution in [0.3, 0.4) is 0 Å². The molecule has 0 bridgehead atoms. The first-order valence-electron chi connectivity index (χ1n) is 7.90. The number of rotatable bonds is 7. The van der Waals surface area contributed by atoms with Gasteiger partial charge in [-0.2, -0.15) is 0 Å². The quantitative estimate of drug-likeness (QED) is 0.342. The molecule has 7 nitrogen and oxygen atoms in total. The first kappa shape index (κ1) is 19.5. The van der Waals surface area contributed by atoms with Gasteiger partial charge in [0, 0.05) is 22.7 Å². The monoisotopic (exact) mass is 374 g/mol. The molecule has 0 saturated heterocycles. The van der Waals surface area contributed by atoms with E-state index in [4.69, 9.17) is 4.74 Å². The lowest BCUT2D eigenvalue weighted by Gasteiger charge is -2.12. The van der Waals surface area contributed by atoms with E-state index in [1.165, 1.54) is 23.9 Å². The highest BCUT2D eigenvalue weighted by molar-refractivity contribution is 8.00. The number of nitro benzene ring substituents is 1. The van der Waals surface area contributed by atoms with E-state index in [0.29, 0.717) is 17.9 Å². The Bertz CT molecular complexity index is 790. The molecular formula is C18H18N2O5S. The summed E-state index contributed by atoms with van der Waals surface area (Å²) in [5.41, 5.74) is 0.991. The Morgan fingerprint density at radius 3 is 2.31 bits per heavy atom. The summed E-state index contributed by atoms with van der Waals surface area (Å²) in [6, 6.07) is 12.5. The number of carbonyl (C=O) groups excluding carboxylic acids is 2. The molecule has 8 heteroatoms. The SMILES string of the molecule is CCOC(=O)c1ccc(NC(=O)[C@@H](C)Sc2ccc([N+](=O)[O-])cc2)cc1. The molecule has 1 amide bonds. The van der Waals surface area contributed by atoms with Crippen molar-refractivity contribution in [1.82, 2.24) is 0 Å². The van der Waals surface area contributed by atoms with Crippen LogP contribution in [0.5, 0.6) is 0 Å². The number of thioether (sulfide) groups is 1. The van der Waals surface area contributed by atoms with Gasteiger partial charge in [-0.3, -0.25) is 14.9 Å². The highest BCUT2D eigenvalue weighted by Crippen LogP contribution is 2.26. The van der Waals surface area contributed by atoms with Crippen LogP contribution in [0.25, 0.3) is 0 Å². The molecule has 2 rings (SSSR count). The Kier molecular flexibility index (Phi) is 6.74. The van der Waals surface area contributed by atoms with Gasteiger partial charge in [0.1, 0.15) is 0 Å². The third-order valence-corrected chi connectivity index (χ3v) is 4.51. The van der Waals surface area contributed by atoms with E-state index in [2.05, 4.69) is 5.32 Å². The molecule has 0 unspecified atom stereocenters. The lowest BCUT2D eigenvalue weighted by Crippen LogP contribution is -2.22. The van der Waals surface area contributed by atoms with E-state index in [0.717, 1.165) is 4.90 Å². The zero-order valence-corrected chi connectivity index (χ0v) is 15.1. The minimum absolute atomic E-state index is 0.00754. The fraction of sp³-hybridized carbons (Fsp3) is 0.222. The summed E-state index contributed by atoms with van der Waals surface area (Å²) < 4.78 is 4.90. The number of hydrogen-bond acceptors (Lipinski definition) is 6. The number of esters is 1. The number of nitrogens with zero attached hydrogens (tertiary/aromatic N) is 1. The van der Waals surface area contributed by atoms with Crippen LogP contribution in [0.1, 0.15) is 24.2 Å². The molecule has 136 valence electrons. The molecule has 2 aromatic rings. The van der Waals surface area contributed by atoms with Gasteiger partial charge in [0.25, 0.3) is 5.69 Å². The van der Waals surface area contributed by atoms with Gasteiger partial charge < -0.3 is 10.1 Å². The number of nitro groups is 1. The maximum atomic E-state index is 12.3. The Morgan fingerprint density at radius 1 is 1.15 bits per heavy atom. The number of ether oxygens (including phenoxy) is 1. The molecule has 26 heavy (non-hydrogen) atoms. The summed E-state index contributed by atoms with van der Waals surface area (Å²) in [6.45, 7) is 3.78. The van der Waals surface area contributed by atoms with Crippen LogP contribution in [0.2, 0.25) is 0 Å². The van der Waals surface area contributed by atoms with Crippen LogP contribution < -0.4 is 5.32 Å². The molecule has 1 N–H and O–H groups in total. The van der Waals surface area contributed by atoms with E-state index < -0.39 is 16.1 Å². The van der Waals surface area contributed by atoms with E-state index in [-0.39, 0.29) is 11.6 Å². The molecule has 0 radical (unpaired) electrons. The predicted molar refractivity (Wildman–Crippen MR) is 99.4 cm³/mol. The third-order valence-electron chi connectivity index (χ3n) is 3.39. The van der Waals surface area contributed by atoms with Crippen molar-refractivity contribution in [3.63, 3.8) is 0 Å². The molecule has 0 fully saturated rings. The van der Waals surface area contributed by atoms with E-state index in [1.807, 2.05) is 0 Å². The molecule has 0 aromatic heterocycles. The third kappa shape index (κ3) is 5.32. The summed E-state index contributed by atoms with van der Waals surface area (Å²) in [7, 11) is 0. The smallest absolute Gasteiger partial charge is 0.338 e. The summed E-state index contributed by atoms with van der Waals surface area (Å²) in [5, 5.41) is 13.0. The predicted octanol–water partition coefficient (Wildman–Crippen LogP) is 3.89. The fourth-order valence-corrected chi connectivity index (χ4v) is 2.92. The first-order valence-corrected chi connectivity index (χ1v) is 8.78. The second-order valence-electron chi connectivity index (χ2n) is 5.30. The van der Waals surface area contributed by atoms with E-state index in [9.17, 15) is 19.7 Å². The second kappa shape index (κ2) is 9.00. The minimum Gasteiger partial charge on any atom is -0.462 e. The van der Waals surface area contributed by atoms with E-state index in [1.54, 1.807) is 50.2 Å². The zero-order valence-electron chi connectivity index (χ0n) is 14.3. The van der Waals surface area contributed by atoms with Crippen molar-refractivity contribution in [2.24, 2.45) is 0 Å². The Hall–Kier alpha value is -2.87. The van der Waals surface area contributed by atoms with Crippen LogP contribution in [0.15, 0.2) is 53.4 Å².